The first-order chi connectivity index (χ1) is 10.6. The Balaban J connectivity index is 2.28. The van der Waals surface area contributed by atoms with Crippen molar-refractivity contribution in [3.63, 3.8) is 0 Å². The van der Waals surface area contributed by atoms with Crippen molar-refractivity contribution in [2.45, 2.75) is 0 Å². The van der Waals surface area contributed by atoms with E-state index in [1.165, 1.54) is 32.5 Å². The first-order valence-electron chi connectivity index (χ1n) is 6.18. The Bertz CT molecular complexity index is 739. The van der Waals surface area contributed by atoms with E-state index in [0.29, 0.717) is 27.8 Å². The van der Waals surface area contributed by atoms with Crippen LogP contribution in [0.4, 0.5) is 5.69 Å². The van der Waals surface area contributed by atoms with E-state index < -0.39 is 0 Å². The zero-order valence-corrected chi connectivity index (χ0v) is 12.6. The zero-order chi connectivity index (χ0) is 16.1. The molecule has 6 nitrogen and oxygen atoms in total. The van der Waals surface area contributed by atoms with Crippen LogP contribution in [-0.2, 0) is 0 Å². The maximum atomic E-state index is 12.2. The molecule has 22 heavy (non-hydrogen) atoms. The van der Waals surface area contributed by atoms with Gasteiger partial charge >= 0.3 is 0 Å². The van der Waals surface area contributed by atoms with Crippen LogP contribution in [0.1, 0.15) is 16.1 Å². The zero-order valence-electron chi connectivity index (χ0n) is 11.9. The van der Waals surface area contributed by atoms with Crippen LogP contribution >= 0.6 is 11.6 Å². The van der Waals surface area contributed by atoms with E-state index in [2.05, 4.69) is 10.3 Å². The highest BCUT2D eigenvalue weighted by Crippen LogP contribution is 2.36. The van der Waals surface area contributed by atoms with Crippen LogP contribution in [0, 0.1) is 11.3 Å². The van der Waals surface area contributed by atoms with Gasteiger partial charge in [-0.3, -0.25) is 4.79 Å². The van der Waals surface area contributed by atoms with Crippen LogP contribution in [-0.4, -0.2) is 25.1 Å². The minimum Gasteiger partial charge on any atom is -0.495 e. The van der Waals surface area contributed by atoms with Gasteiger partial charge in [-0.05, 0) is 12.1 Å². The summed E-state index contributed by atoms with van der Waals surface area (Å²) in [6, 6.07) is 7.98. The Morgan fingerprint density at radius 1 is 1.27 bits per heavy atom. The van der Waals surface area contributed by atoms with Crippen molar-refractivity contribution < 1.29 is 14.3 Å². The van der Waals surface area contributed by atoms with Gasteiger partial charge < -0.3 is 14.8 Å². The molecule has 1 heterocycles. The van der Waals surface area contributed by atoms with E-state index in [1.54, 1.807) is 12.1 Å². The molecular formula is C15H12ClN3O3. The van der Waals surface area contributed by atoms with Gasteiger partial charge in [0.15, 0.2) is 0 Å². The minimum absolute atomic E-state index is 0.238. The summed E-state index contributed by atoms with van der Waals surface area (Å²) in [7, 11) is 2.95. The lowest BCUT2D eigenvalue weighted by Crippen LogP contribution is -2.13. The first kappa shape index (κ1) is 15.6. The lowest BCUT2D eigenvalue weighted by Gasteiger charge is -2.13. The molecule has 0 atom stereocenters. The van der Waals surface area contributed by atoms with Gasteiger partial charge in [-0.25, -0.2) is 4.98 Å². The Morgan fingerprint density at radius 2 is 2.00 bits per heavy atom. The summed E-state index contributed by atoms with van der Waals surface area (Å²) in [6.07, 6.45) is 1.33. The molecular weight excluding hydrogens is 306 g/mol. The number of carbonyl (C=O) groups excluding carboxylic acids is 1. The highest BCUT2D eigenvalue weighted by atomic mass is 35.5. The number of benzene rings is 1. The van der Waals surface area contributed by atoms with Gasteiger partial charge in [0.05, 0.1) is 30.5 Å². The number of nitriles is 1. The fourth-order valence-electron chi connectivity index (χ4n) is 1.75. The second-order valence-electron chi connectivity index (χ2n) is 4.19. The highest BCUT2D eigenvalue weighted by molar-refractivity contribution is 6.32. The number of hydrogen-bond donors (Lipinski definition) is 1. The van der Waals surface area contributed by atoms with Crippen LogP contribution in [0.25, 0.3) is 0 Å². The van der Waals surface area contributed by atoms with Crippen LogP contribution < -0.4 is 14.8 Å². The molecule has 0 unspecified atom stereocenters. The SMILES string of the molecule is COc1cc(NC(=O)c2ccc(C#N)nc2)c(OC)cc1Cl. The fourth-order valence-corrected chi connectivity index (χ4v) is 1.98. The summed E-state index contributed by atoms with van der Waals surface area (Å²) in [5, 5.41) is 11.8. The minimum atomic E-state index is -0.389. The van der Waals surface area contributed by atoms with Crippen molar-refractivity contribution >= 4 is 23.2 Å². The van der Waals surface area contributed by atoms with E-state index >= 15 is 0 Å². The number of methoxy groups -OCH3 is 2. The smallest absolute Gasteiger partial charge is 0.257 e. The number of ether oxygens (including phenoxy) is 2. The third-order valence-electron chi connectivity index (χ3n) is 2.86. The maximum absolute atomic E-state index is 12.2. The van der Waals surface area contributed by atoms with E-state index in [-0.39, 0.29) is 11.6 Å². The summed E-state index contributed by atoms with van der Waals surface area (Å²) in [6.45, 7) is 0. The van der Waals surface area contributed by atoms with Gasteiger partial charge in [-0.2, -0.15) is 5.26 Å². The molecule has 0 aliphatic carbocycles. The Hall–Kier alpha value is -2.78. The highest BCUT2D eigenvalue weighted by Gasteiger charge is 2.14. The number of rotatable bonds is 4. The standard InChI is InChI=1S/C15H12ClN3O3/c1-21-13-6-12(14(22-2)5-11(13)16)19-15(20)9-3-4-10(7-17)18-8-9/h3-6,8H,1-2H3,(H,19,20). The van der Waals surface area contributed by atoms with Crippen molar-refractivity contribution in [3.05, 3.63) is 46.7 Å². The molecule has 0 aliphatic heterocycles. The predicted molar refractivity (Wildman–Crippen MR) is 81.5 cm³/mol. The number of nitrogens with one attached hydrogen (secondary N) is 1. The van der Waals surface area contributed by atoms with Crippen molar-refractivity contribution in [1.82, 2.24) is 4.98 Å². The molecule has 0 spiro atoms. The van der Waals surface area contributed by atoms with Crippen molar-refractivity contribution in [3.8, 4) is 17.6 Å². The van der Waals surface area contributed by atoms with Crippen LogP contribution in [0.5, 0.6) is 11.5 Å². The third-order valence-corrected chi connectivity index (χ3v) is 3.16. The van der Waals surface area contributed by atoms with Gasteiger partial charge in [-0.1, -0.05) is 11.6 Å². The number of aromatic nitrogens is 1. The average Bonchev–Trinajstić information content (AvgIpc) is 2.55. The lowest BCUT2D eigenvalue weighted by molar-refractivity contribution is 0.102. The number of amides is 1. The van der Waals surface area contributed by atoms with Crippen LogP contribution in [0.3, 0.4) is 0 Å². The second-order valence-corrected chi connectivity index (χ2v) is 4.59. The van der Waals surface area contributed by atoms with Crippen molar-refractivity contribution in [2.75, 3.05) is 19.5 Å². The van der Waals surface area contributed by atoms with Gasteiger partial charge in [0.25, 0.3) is 5.91 Å². The quantitative estimate of drug-likeness (QED) is 0.937. The molecule has 1 amide bonds. The molecule has 0 aliphatic rings. The molecule has 0 bridgehead atoms. The average molecular weight is 318 g/mol. The fraction of sp³-hybridized carbons (Fsp3) is 0.133. The van der Waals surface area contributed by atoms with E-state index in [9.17, 15) is 4.79 Å². The number of pyridine rings is 1. The normalized spacial score (nSPS) is 9.73. The van der Waals surface area contributed by atoms with Crippen molar-refractivity contribution in [1.29, 1.82) is 5.26 Å². The van der Waals surface area contributed by atoms with E-state index in [1.807, 2.05) is 6.07 Å². The molecule has 0 saturated heterocycles. The predicted octanol–water partition coefficient (Wildman–Crippen LogP) is 2.88. The molecule has 1 aromatic carbocycles. The third kappa shape index (κ3) is 3.27. The topological polar surface area (TPSA) is 84.2 Å². The lowest BCUT2D eigenvalue weighted by atomic mass is 10.2. The number of hydrogen-bond acceptors (Lipinski definition) is 5. The molecule has 0 saturated carbocycles. The molecule has 2 rings (SSSR count). The number of halogens is 1. The Kier molecular flexibility index (Phi) is 4.81. The van der Waals surface area contributed by atoms with Crippen LogP contribution in [0.2, 0.25) is 5.02 Å². The molecule has 1 N–H and O–H groups in total. The summed E-state index contributed by atoms with van der Waals surface area (Å²) in [5.74, 6) is 0.427. The van der Waals surface area contributed by atoms with E-state index in [0.717, 1.165) is 0 Å². The Labute approximate surface area is 132 Å². The van der Waals surface area contributed by atoms with Gasteiger partial charge in [0.1, 0.15) is 23.3 Å². The number of anilines is 1. The van der Waals surface area contributed by atoms with Crippen LogP contribution in [0.15, 0.2) is 30.5 Å². The summed E-state index contributed by atoms with van der Waals surface area (Å²) in [4.78, 5) is 16.1. The molecule has 112 valence electrons. The molecule has 1 aromatic heterocycles. The molecule has 0 radical (unpaired) electrons. The monoisotopic (exact) mass is 317 g/mol. The summed E-state index contributed by atoms with van der Waals surface area (Å²) >= 11 is 6.01. The van der Waals surface area contributed by atoms with Gasteiger partial charge in [0, 0.05) is 18.3 Å². The number of nitrogens with zero attached hydrogens (tertiary/aromatic N) is 2. The molecule has 0 fully saturated rings. The second kappa shape index (κ2) is 6.78. The Morgan fingerprint density at radius 3 is 2.55 bits per heavy atom. The van der Waals surface area contributed by atoms with Gasteiger partial charge in [0.2, 0.25) is 0 Å². The first-order valence-corrected chi connectivity index (χ1v) is 6.56. The maximum Gasteiger partial charge on any atom is 0.257 e. The van der Waals surface area contributed by atoms with Gasteiger partial charge in [-0.15, -0.1) is 0 Å². The molecule has 7 heteroatoms. The molecule has 2 aromatic rings. The van der Waals surface area contributed by atoms with E-state index in [4.69, 9.17) is 26.3 Å². The summed E-state index contributed by atoms with van der Waals surface area (Å²) in [5.41, 5.74) is 0.968. The largest absolute Gasteiger partial charge is 0.495 e. The number of carbonyl (C=O) groups is 1. The summed E-state index contributed by atoms with van der Waals surface area (Å²) < 4.78 is 10.3. The van der Waals surface area contributed by atoms with Crippen molar-refractivity contribution in [2.24, 2.45) is 0 Å².